The molecule has 0 aliphatic heterocycles. The molecule has 6 nitrogen and oxygen atoms in total. The summed E-state index contributed by atoms with van der Waals surface area (Å²) in [6.07, 6.45) is 7.65. The Balaban J connectivity index is 1.57. The van der Waals surface area contributed by atoms with Crippen molar-refractivity contribution in [1.29, 1.82) is 0 Å². The number of carbonyl (C=O) groups excluding carboxylic acids is 2. The van der Waals surface area contributed by atoms with Crippen LogP contribution in [-0.2, 0) is 16.1 Å². The molecule has 0 atom stereocenters. The van der Waals surface area contributed by atoms with Gasteiger partial charge in [-0.1, -0.05) is 61.7 Å². The third-order valence-corrected chi connectivity index (χ3v) is 6.81. The summed E-state index contributed by atoms with van der Waals surface area (Å²) in [7, 11) is 1.75. The number of hydrogen-bond acceptors (Lipinski definition) is 3. The summed E-state index contributed by atoms with van der Waals surface area (Å²) in [5, 5.41) is 8.99. The van der Waals surface area contributed by atoms with Crippen molar-refractivity contribution in [2.75, 3.05) is 16.8 Å². The summed E-state index contributed by atoms with van der Waals surface area (Å²) in [5.41, 5.74) is 3.74. The standard InChI is InChI=1S/C31H32N2O4/c1-32(27-12-6-3-7-13-27)30(36)26-18-15-24(16-19-26)22-33(31(37)25-10-4-2-5-11-25)28-14-8-9-23(21-28)17-20-29(34)35/h3,6-9,12-21,25H,2,4-5,10-11,22H2,1H3,(H,34,35). The Kier molecular flexibility index (Phi) is 8.52. The Labute approximate surface area is 217 Å². The van der Waals surface area contributed by atoms with Crippen LogP contribution in [0.4, 0.5) is 11.4 Å². The van der Waals surface area contributed by atoms with E-state index in [1.165, 1.54) is 6.08 Å². The smallest absolute Gasteiger partial charge is 0.328 e. The van der Waals surface area contributed by atoms with Gasteiger partial charge in [-0.2, -0.15) is 0 Å². The van der Waals surface area contributed by atoms with Crippen LogP contribution in [0.1, 0.15) is 53.6 Å². The lowest BCUT2D eigenvalue weighted by atomic mass is 9.88. The molecule has 3 aromatic carbocycles. The Bertz CT molecular complexity index is 1260. The van der Waals surface area contributed by atoms with Crippen molar-refractivity contribution < 1.29 is 19.5 Å². The van der Waals surface area contributed by atoms with Crippen LogP contribution in [0.25, 0.3) is 6.08 Å². The number of para-hydroxylation sites is 1. The molecule has 3 aromatic rings. The molecule has 0 unspecified atom stereocenters. The molecule has 0 spiro atoms. The first-order valence-electron chi connectivity index (χ1n) is 12.7. The first-order chi connectivity index (χ1) is 17.9. The Morgan fingerprint density at radius 2 is 1.54 bits per heavy atom. The summed E-state index contributed by atoms with van der Waals surface area (Å²) in [6, 6.07) is 24.2. The van der Waals surface area contributed by atoms with Crippen molar-refractivity contribution in [1.82, 2.24) is 0 Å². The van der Waals surface area contributed by atoms with E-state index in [0.29, 0.717) is 17.7 Å². The van der Waals surface area contributed by atoms with Crippen LogP contribution >= 0.6 is 0 Å². The van der Waals surface area contributed by atoms with Gasteiger partial charge in [0.25, 0.3) is 5.91 Å². The Hall–Kier alpha value is -4.19. The second-order valence-electron chi connectivity index (χ2n) is 9.42. The Morgan fingerprint density at radius 1 is 0.865 bits per heavy atom. The van der Waals surface area contributed by atoms with Crippen LogP contribution in [0, 0.1) is 5.92 Å². The van der Waals surface area contributed by atoms with Crippen LogP contribution in [0.2, 0.25) is 0 Å². The van der Waals surface area contributed by atoms with Gasteiger partial charge in [0.1, 0.15) is 0 Å². The van der Waals surface area contributed by atoms with Gasteiger partial charge in [-0.25, -0.2) is 4.79 Å². The highest BCUT2D eigenvalue weighted by atomic mass is 16.4. The van der Waals surface area contributed by atoms with Gasteiger partial charge < -0.3 is 14.9 Å². The van der Waals surface area contributed by atoms with Crippen molar-refractivity contribution in [3.63, 3.8) is 0 Å². The SMILES string of the molecule is CN(C(=O)c1ccc(CN(C(=O)C2CCCCC2)c2cccc(C=CC(=O)O)c2)cc1)c1ccccc1. The normalized spacial score (nSPS) is 13.9. The van der Waals surface area contributed by atoms with Gasteiger partial charge in [-0.3, -0.25) is 9.59 Å². The summed E-state index contributed by atoms with van der Waals surface area (Å²) < 4.78 is 0. The van der Waals surface area contributed by atoms with Crippen LogP contribution in [-0.4, -0.2) is 29.9 Å². The number of hydrogen-bond donors (Lipinski definition) is 1. The number of nitrogens with zero attached hydrogens (tertiary/aromatic N) is 2. The van der Waals surface area contributed by atoms with Gasteiger partial charge in [-0.15, -0.1) is 0 Å². The van der Waals surface area contributed by atoms with E-state index in [1.54, 1.807) is 29.0 Å². The predicted molar refractivity (Wildman–Crippen MR) is 146 cm³/mol. The molecule has 1 N–H and O–H groups in total. The molecule has 190 valence electrons. The van der Waals surface area contributed by atoms with E-state index in [-0.39, 0.29) is 17.7 Å². The minimum atomic E-state index is -1.02. The maximum absolute atomic E-state index is 13.7. The first-order valence-corrected chi connectivity index (χ1v) is 12.7. The maximum atomic E-state index is 13.7. The van der Waals surface area contributed by atoms with Gasteiger partial charge in [0.05, 0.1) is 6.54 Å². The monoisotopic (exact) mass is 496 g/mol. The number of carboxylic acids is 1. The number of benzene rings is 3. The number of carboxylic acid groups (broad SMARTS) is 1. The highest BCUT2D eigenvalue weighted by Crippen LogP contribution is 2.29. The van der Waals surface area contributed by atoms with Gasteiger partial charge >= 0.3 is 5.97 Å². The van der Waals surface area contributed by atoms with Crippen molar-refractivity contribution in [3.8, 4) is 0 Å². The second kappa shape index (κ2) is 12.2. The predicted octanol–water partition coefficient (Wildman–Crippen LogP) is 6.17. The average Bonchev–Trinajstić information content (AvgIpc) is 2.95. The van der Waals surface area contributed by atoms with E-state index < -0.39 is 5.97 Å². The van der Waals surface area contributed by atoms with Gasteiger partial charge in [-0.05, 0) is 66.4 Å². The van der Waals surface area contributed by atoms with Crippen molar-refractivity contribution in [3.05, 3.63) is 102 Å². The molecule has 4 rings (SSSR count). The van der Waals surface area contributed by atoms with E-state index in [9.17, 15) is 14.4 Å². The van der Waals surface area contributed by atoms with Crippen LogP contribution in [0.3, 0.4) is 0 Å². The largest absolute Gasteiger partial charge is 0.478 e. The van der Waals surface area contributed by atoms with E-state index in [1.807, 2.05) is 66.7 Å². The summed E-state index contributed by atoms with van der Waals surface area (Å²) in [5.74, 6) is -1.06. The quantitative estimate of drug-likeness (QED) is 0.378. The van der Waals surface area contributed by atoms with Gasteiger partial charge in [0, 0.05) is 36.0 Å². The number of rotatable bonds is 8. The summed E-state index contributed by atoms with van der Waals surface area (Å²) >= 11 is 0. The lowest BCUT2D eigenvalue weighted by Gasteiger charge is -2.30. The summed E-state index contributed by atoms with van der Waals surface area (Å²) in [4.78, 5) is 41.0. The molecular formula is C31H32N2O4. The highest BCUT2D eigenvalue weighted by Gasteiger charge is 2.27. The second-order valence-corrected chi connectivity index (χ2v) is 9.42. The highest BCUT2D eigenvalue weighted by molar-refractivity contribution is 6.05. The zero-order valence-electron chi connectivity index (χ0n) is 21.0. The Morgan fingerprint density at radius 3 is 2.22 bits per heavy atom. The minimum absolute atomic E-state index is 0.0210. The molecule has 6 heteroatoms. The molecule has 1 aliphatic rings. The zero-order valence-corrected chi connectivity index (χ0v) is 21.0. The van der Waals surface area contributed by atoms with E-state index in [0.717, 1.165) is 55.1 Å². The van der Waals surface area contributed by atoms with Gasteiger partial charge in [0.2, 0.25) is 5.91 Å². The third kappa shape index (κ3) is 6.73. The maximum Gasteiger partial charge on any atom is 0.328 e. The van der Waals surface area contributed by atoms with Crippen LogP contribution in [0.15, 0.2) is 84.9 Å². The molecule has 37 heavy (non-hydrogen) atoms. The molecule has 0 saturated heterocycles. The fourth-order valence-electron chi connectivity index (χ4n) is 4.73. The first kappa shape index (κ1) is 25.9. The fourth-order valence-corrected chi connectivity index (χ4v) is 4.73. The lowest BCUT2D eigenvalue weighted by Crippen LogP contribution is -2.36. The zero-order chi connectivity index (χ0) is 26.2. The van der Waals surface area contributed by atoms with Crippen molar-refractivity contribution in [2.24, 2.45) is 5.92 Å². The number of aliphatic carboxylic acids is 1. The molecular weight excluding hydrogens is 464 g/mol. The topological polar surface area (TPSA) is 77.9 Å². The summed E-state index contributed by atoms with van der Waals surface area (Å²) in [6.45, 7) is 0.366. The van der Waals surface area contributed by atoms with E-state index in [4.69, 9.17) is 5.11 Å². The van der Waals surface area contributed by atoms with E-state index >= 15 is 0 Å². The number of anilines is 2. The average molecular weight is 497 g/mol. The van der Waals surface area contributed by atoms with E-state index in [2.05, 4.69) is 0 Å². The number of carbonyl (C=O) groups is 3. The molecule has 2 amide bonds. The molecule has 0 heterocycles. The molecule has 1 fully saturated rings. The van der Waals surface area contributed by atoms with Crippen molar-refractivity contribution >= 4 is 35.2 Å². The fraction of sp³-hybridized carbons (Fsp3) is 0.258. The van der Waals surface area contributed by atoms with Crippen LogP contribution < -0.4 is 9.80 Å². The molecule has 0 aromatic heterocycles. The molecule has 0 bridgehead atoms. The van der Waals surface area contributed by atoms with Crippen molar-refractivity contribution in [2.45, 2.75) is 38.6 Å². The number of amides is 2. The molecule has 1 saturated carbocycles. The molecule has 1 aliphatic carbocycles. The molecule has 0 radical (unpaired) electrons. The van der Waals surface area contributed by atoms with Crippen LogP contribution in [0.5, 0.6) is 0 Å². The minimum Gasteiger partial charge on any atom is -0.478 e. The third-order valence-electron chi connectivity index (χ3n) is 6.81. The lowest BCUT2D eigenvalue weighted by molar-refractivity contribution is -0.131. The van der Waals surface area contributed by atoms with Gasteiger partial charge in [0.15, 0.2) is 0 Å².